The van der Waals surface area contributed by atoms with Crippen LogP contribution in [0.4, 0.5) is 5.69 Å². The van der Waals surface area contributed by atoms with Gasteiger partial charge in [-0.15, -0.1) is 0 Å². The fourth-order valence-corrected chi connectivity index (χ4v) is 3.85. The zero-order chi connectivity index (χ0) is 23.2. The van der Waals surface area contributed by atoms with Gasteiger partial charge in [-0.25, -0.2) is 4.98 Å². The van der Waals surface area contributed by atoms with Crippen LogP contribution in [-0.2, 0) is 11.2 Å². The standard InChI is InChI=1S/C29H25N3O2/c33-28(13-7-10-21-8-3-1-4-9-21)30-23-16-19-26-27(20-23)32-29(31-26)22-14-17-25(18-15-22)34-24-11-5-2-6-12-24/h1-6,8-9,11-12,14-20H,7,10,13H2,(H,30,33)(H,31,32). The van der Waals surface area contributed by atoms with Crippen LogP contribution in [0.25, 0.3) is 22.4 Å². The van der Waals surface area contributed by atoms with E-state index in [1.54, 1.807) is 0 Å². The van der Waals surface area contributed by atoms with Crippen molar-refractivity contribution in [1.29, 1.82) is 0 Å². The summed E-state index contributed by atoms with van der Waals surface area (Å²) >= 11 is 0. The van der Waals surface area contributed by atoms with Crippen LogP contribution in [0.15, 0.2) is 103 Å². The Bertz CT molecular complexity index is 1380. The average Bonchev–Trinajstić information content (AvgIpc) is 3.29. The van der Waals surface area contributed by atoms with Crippen molar-refractivity contribution >= 4 is 22.6 Å². The third kappa shape index (κ3) is 5.33. The topological polar surface area (TPSA) is 67.0 Å². The van der Waals surface area contributed by atoms with Gasteiger partial charge in [-0.1, -0.05) is 48.5 Å². The number of aromatic amines is 1. The molecule has 0 aliphatic carbocycles. The van der Waals surface area contributed by atoms with Crippen LogP contribution in [0.5, 0.6) is 11.5 Å². The number of carbonyl (C=O) groups excluding carboxylic acids is 1. The Morgan fingerprint density at radius 2 is 1.53 bits per heavy atom. The fraction of sp³-hybridized carbons (Fsp3) is 0.103. The summed E-state index contributed by atoms with van der Waals surface area (Å²) in [4.78, 5) is 20.4. The highest BCUT2D eigenvalue weighted by atomic mass is 16.5. The van der Waals surface area contributed by atoms with Gasteiger partial charge in [-0.2, -0.15) is 0 Å². The molecule has 0 bridgehead atoms. The SMILES string of the molecule is O=C(CCCc1ccccc1)Nc1ccc2nc(-c3ccc(Oc4ccccc4)cc3)[nH]c2c1. The molecule has 2 N–H and O–H groups in total. The average molecular weight is 448 g/mol. The van der Waals surface area contributed by atoms with Crippen molar-refractivity contribution < 1.29 is 9.53 Å². The molecule has 0 saturated carbocycles. The summed E-state index contributed by atoms with van der Waals surface area (Å²) in [5, 5.41) is 3.00. The molecule has 0 atom stereocenters. The number of hydrogen-bond donors (Lipinski definition) is 2. The zero-order valence-corrected chi connectivity index (χ0v) is 18.7. The number of H-pyrrole nitrogens is 1. The van der Waals surface area contributed by atoms with Crippen molar-refractivity contribution in [2.45, 2.75) is 19.3 Å². The lowest BCUT2D eigenvalue weighted by molar-refractivity contribution is -0.116. The van der Waals surface area contributed by atoms with Crippen LogP contribution in [-0.4, -0.2) is 15.9 Å². The highest BCUT2D eigenvalue weighted by Crippen LogP contribution is 2.27. The van der Waals surface area contributed by atoms with Gasteiger partial charge < -0.3 is 15.0 Å². The van der Waals surface area contributed by atoms with E-state index in [1.807, 2.05) is 91.0 Å². The minimum atomic E-state index is 0.0176. The van der Waals surface area contributed by atoms with Crippen molar-refractivity contribution in [3.8, 4) is 22.9 Å². The largest absolute Gasteiger partial charge is 0.457 e. The summed E-state index contributed by atoms with van der Waals surface area (Å²) in [5.41, 5.74) is 4.70. The van der Waals surface area contributed by atoms with Crippen LogP contribution in [0, 0.1) is 0 Å². The number of anilines is 1. The van der Waals surface area contributed by atoms with Crippen molar-refractivity contribution in [2.75, 3.05) is 5.32 Å². The highest BCUT2D eigenvalue weighted by molar-refractivity contribution is 5.93. The Morgan fingerprint density at radius 1 is 0.824 bits per heavy atom. The molecule has 4 aromatic carbocycles. The van der Waals surface area contributed by atoms with E-state index in [2.05, 4.69) is 22.4 Å². The van der Waals surface area contributed by atoms with Crippen molar-refractivity contribution in [2.24, 2.45) is 0 Å². The van der Waals surface area contributed by atoms with Crippen LogP contribution in [0.2, 0.25) is 0 Å². The summed E-state index contributed by atoms with van der Waals surface area (Å²) in [5.74, 6) is 2.36. The van der Waals surface area contributed by atoms with E-state index in [-0.39, 0.29) is 5.91 Å². The van der Waals surface area contributed by atoms with E-state index >= 15 is 0 Å². The number of nitrogens with one attached hydrogen (secondary N) is 2. The van der Waals surface area contributed by atoms with E-state index < -0.39 is 0 Å². The zero-order valence-electron chi connectivity index (χ0n) is 18.7. The van der Waals surface area contributed by atoms with Gasteiger partial charge >= 0.3 is 0 Å². The molecule has 5 rings (SSSR count). The number of imidazole rings is 1. The number of benzene rings is 4. The molecule has 5 heteroatoms. The van der Waals surface area contributed by atoms with Crippen molar-refractivity contribution in [3.63, 3.8) is 0 Å². The molecule has 0 aliphatic rings. The molecule has 5 nitrogen and oxygen atoms in total. The van der Waals surface area contributed by atoms with E-state index in [1.165, 1.54) is 5.56 Å². The molecular weight excluding hydrogens is 422 g/mol. The summed E-state index contributed by atoms with van der Waals surface area (Å²) in [6, 6.07) is 33.5. The second-order valence-corrected chi connectivity index (χ2v) is 8.14. The Balaban J connectivity index is 1.21. The maximum absolute atomic E-state index is 12.4. The number of nitrogens with zero attached hydrogens (tertiary/aromatic N) is 1. The number of hydrogen-bond acceptors (Lipinski definition) is 3. The van der Waals surface area contributed by atoms with Gasteiger partial charge in [-0.05, 0) is 73.0 Å². The quantitative estimate of drug-likeness (QED) is 0.269. The Labute approximate surface area is 198 Å². The molecule has 0 spiro atoms. The van der Waals surface area contributed by atoms with Gasteiger partial charge in [-0.3, -0.25) is 4.79 Å². The summed E-state index contributed by atoms with van der Waals surface area (Å²) in [6.45, 7) is 0. The van der Waals surface area contributed by atoms with Gasteiger partial charge in [0, 0.05) is 17.7 Å². The second-order valence-electron chi connectivity index (χ2n) is 8.14. The van der Waals surface area contributed by atoms with Crippen LogP contribution < -0.4 is 10.1 Å². The third-order valence-electron chi connectivity index (χ3n) is 5.58. The summed E-state index contributed by atoms with van der Waals surface area (Å²) < 4.78 is 5.86. The molecule has 0 saturated heterocycles. The number of rotatable bonds is 8. The number of para-hydroxylation sites is 1. The monoisotopic (exact) mass is 447 g/mol. The number of amides is 1. The number of aromatic nitrogens is 2. The lowest BCUT2D eigenvalue weighted by Gasteiger charge is -2.05. The first-order valence-electron chi connectivity index (χ1n) is 11.4. The Morgan fingerprint density at radius 3 is 2.29 bits per heavy atom. The molecule has 5 aromatic rings. The van der Waals surface area contributed by atoms with Gasteiger partial charge in [0.2, 0.25) is 5.91 Å². The minimum Gasteiger partial charge on any atom is -0.457 e. The molecule has 0 radical (unpaired) electrons. The molecule has 0 aliphatic heterocycles. The normalized spacial score (nSPS) is 10.8. The molecular formula is C29H25N3O2. The van der Waals surface area contributed by atoms with Crippen LogP contribution in [0.1, 0.15) is 18.4 Å². The van der Waals surface area contributed by atoms with Crippen LogP contribution in [0.3, 0.4) is 0 Å². The first-order valence-corrected chi connectivity index (χ1v) is 11.4. The van der Waals surface area contributed by atoms with Gasteiger partial charge in [0.05, 0.1) is 11.0 Å². The predicted octanol–water partition coefficient (Wildman–Crippen LogP) is 6.98. The lowest BCUT2D eigenvalue weighted by atomic mass is 10.1. The van der Waals surface area contributed by atoms with E-state index in [0.717, 1.165) is 52.4 Å². The predicted molar refractivity (Wildman–Crippen MR) is 136 cm³/mol. The number of ether oxygens (including phenoxy) is 1. The molecule has 34 heavy (non-hydrogen) atoms. The second kappa shape index (κ2) is 10.0. The van der Waals surface area contributed by atoms with E-state index in [9.17, 15) is 4.79 Å². The Hall–Kier alpha value is -4.38. The maximum atomic E-state index is 12.4. The van der Waals surface area contributed by atoms with Crippen LogP contribution >= 0.6 is 0 Å². The van der Waals surface area contributed by atoms with Gasteiger partial charge in [0.15, 0.2) is 0 Å². The maximum Gasteiger partial charge on any atom is 0.224 e. The van der Waals surface area contributed by atoms with E-state index in [0.29, 0.717) is 6.42 Å². The highest BCUT2D eigenvalue weighted by Gasteiger charge is 2.09. The van der Waals surface area contributed by atoms with Crippen molar-refractivity contribution in [3.05, 3.63) is 109 Å². The summed E-state index contributed by atoms with van der Waals surface area (Å²) in [7, 11) is 0. The number of aryl methyl sites for hydroxylation is 1. The molecule has 0 unspecified atom stereocenters. The third-order valence-corrected chi connectivity index (χ3v) is 5.58. The summed E-state index contributed by atoms with van der Waals surface area (Å²) in [6.07, 6.45) is 2.20. The molecule has 168 valence electrons. The first kappa shape index (κ1) is 21.5. The van der Waals surface area contributed by atoms with Gasteiger partial charge in [0.25, 0.3) is 0 Å². The van der Waals surface area contributed by atoms with Crippen molar-refractivity contribution in [1.82, 2.24) is 9.97 Å². The van der Waals surface area contributed by atoms with E-state index in [4.69, 9.17) is 9.72 Å². The fourth-order valence-electron chi connectivity index (χ4n) is 3.85. The smallest absolute Gasteiger partial charge is 0.224 e. The number of fused-ring (bicyclic) bond motifs is 1. The molecule has 0 fully saturated rings. The number of carbonyl (C=O) groups is 1. The minimum absolute atomic E-state index is 0.0176. The molecule has 1 amide bonds. The van der Waals surface area contributed by atoms with Gasteiger partial charge in [0.1, 0.15) is 17.3 Å². The molecule has 1 aromatic heterocycles. The Kier molecular flexibility index (Phi) is 6.34. The lowest BCUT2D eigenvalue weighted by Crippen LogP contribution is -2.11. The molecule has 1 heterocycles. The first-order chi connectivity index (χ1) is 16.7.